The highest BCUT2D eigenvalue weighted by molar-refractivity contribution is 5.94. The molecule has 3 aromatic rings. The Hall–Kier alpha value is -3.02. The standard InChI is InChI=1S/C22H26N4O2/c1-4-5-13-26-19(24-21(25-26)15(2)3)14-16-8-10-17(11-9-16)20-18(22(27)28)7-6-12-23-20/h6-12,15H,4-5,13-14H2,1-3H3,(H,27,28). The molecule has 2 heterocycles. The number of carbonyl (C=O) groups is 1. The number of aromatic nitrogens is 4. The lowest BCUT2D eigenvalue weighted by atomic mass is 10.0. The largest absolute Gasteiger partial charge is 0.478 e. The summed E-state index contributed by atoms with van der Waals surface area (Å²) in [7, 11) is 0. The van der Waals surface area contributed by atoms with Crippen molar-refractivity contribution in [1.82, 2.24) is 19.7 Å². The van der Waals surface area contributed by atoms with Crippen LogP contribution < -0.4 is 0 Å². The second-order valence-corrected chi connectivity index (χ2v) is 7.20. The van der Waals surface area contributed by atoms with Gasteiger partial charge in [0.1, 0.15) is 5.82 Å². The maximum atomic E-state index is 11.4. The predicted octanol–water partition coefficient (Wildman–Crippen LogP) is 4.55. The van der Waals surface area contributed by atoms with Crippen molar-refractivity contribution in [2.24, 2.45) is 0 Å². The Balaban J connectivity index is 1.84. The van der Waals surface area contributed by atoms with Gasteiger partial charge in [-0.3, -0.25) is 4.98 Å². The molecule has 6 nitrogen and oxygen atoms in total. The first-order valence-electron chi connectivity index (χ1n) is 9.70. The van der Waals surface area contributed by atoms with Gasteiger partial charge in [-0.2, -0.15) is 5.10 Å². The highest BCUT2D eigenvalue weighted by atomic mass is 16.4. The SMILES string of the molecule is CCCCn1nc(C(C)C)nc1Cc1ccc(-c2ncccc2C(=O)O)cc1. The summed E-state index contributed by atoms with van der Waals surface area (Å²) in [6, 6.07) is 11.0. The van der Waals surface area contributed by atoms with Crippen LogP contribution in [0.4, 0.5) is 0 Å². The summed E-state index contributed by atoms with van der Waals surface area (Å²) >= 11 is 0. The fourth-order valence-corrected chi connectivity index (χ4v) is 3.03. The summed E-state index contributed by atoms with van der Waals surface area (Å²) < 4.78 is 2.02. The van der Waals surface area contributed by atoms with Crippen molar-refractivity contribution in [1.29, 1.82) is 0 Å². The monoisotopic (exact) mass is 378 g/mol. The number of nitrogens with zero attached hydrogens (tertiary/aromatic N) is 4. The number of carboxylic acids is 1. The van der Waals surface area contributed by atoms with Gasteiger partial charge in [0.2, 0.25) is 0 Å². The maximum Gasteiger partial charge on any atom is 0.337 e. The van der Waals surface area contributed by atoms with E-state index in [0.29, 0.717) is 18.0 Å². The van der Waals surface area contributed by atoms with E-state index in [0.717, 1.165) is 42.2 Å². The van der Waals surface area contributed by atoms with E-state index >= 15 is 0 Å². The third-order valence-electron chi connectivity index (χ3n) is 4.63. The van der Waals surface area contributed by atoms with E-state index in [-0.39, 0.29) is 5.56 Å². The summed E-state index contributed by atoms with van der Waals surface area (Å²) in [6.07, 6.45) is 4.49. The Bertz CT molecular complexity index is 945. The lowest BCUT2D eigenvalue weighted by Gasteiger charge is -2.08. The third-order valence-corrected chi connectivity index (χ3v) is 4.63. The molecule has 3 rings (SSSR count). The molecule has 1 aromatic carbocycles. The zero-order valence-electron chi connectivity index (χ0n) is 16.6. The van der Waals surface area contributed by atoms with Crippen molar-refractivity contribution in [2.75, 3.05) is 0 Å². The van der Waals surface area contributed by atoms with Crippen molar-refractivity contribution < 1.29 is 9.90 Å². The van der Waals surface area contributed by atoms with Crippen molar-refractivity contribution in [3.63, 3.8) is 0 Å². The number of pyridine rings is 1. The Morgan fingerprint density at radius 1 is 1.18 bits per heavy atom. The summed E-state index contributed by atoms with van der Waals surface area (Å²) in [5.74, 6) is 1.16. The van der Waals surface area contributed by atoms with Crippen LogP contribution >= 0.6 is 0 Å². The average Bonchev–Trinajstić information content (AvgIpc) is 3.10. The van der Waals surface area contributed by atoms with Crippen molar-refractivity contribution in [2.45, 2.75) is 52.5 Å². The minimum atomic E-state index is -0.975. The van der Waals surface area contributed by atoms with Crippen LogP contribution in [-0.2, 0) is 13.0 Å². The van der Waals surface area contributed by atoms with Crippen LogP contribution in [0.25, 0.3) is 11.3 Å². The first-order chi connectivity index (χ1) is 13.5. The van der Waals surface area contributed by atoms with E-state index < -0.39 is 5.97 Å². The molecule has 0 saturated heterocycles. The smallest absolute Gasteiger partial charge is 0.337 e. The number of rotatable bonds is 8. The number of carboxylic acid groups (broad SMARTS) is 1. The van der Waals surface area contributed by atoms with Crippen molar-refractivity contribution in [3.8, 4) is 11.3 Å². The molecular weight excluding hydrogens is 352 g/mol. The molecule has 28 heavy (non-hydrogen) atoms. The summed E-state index contributed by atoms with van der Waals surface area (Å²) in [4.78, 5) is 20.4. The summed E-state index contributed by atoms with van der Waals surface area (Å²) in [5.41, 5.74) is 2.58. The van der Waals surface area contributed by atoms with E-state index in [2.05, 4.69) is 30.9 Å². The molecule has 0 unspecified atom stereocenters. The Morgan fingerprint density at radius 3 is 2.57 bits per heavy atom. The molecule has 0 aliphatic heterocycles. The molecular formula is C22H26N4O2. The van der Waals surface area contributed by atoms with Crippen molar-refractivity contribution in [3.05, 3.63) is 65.4 Å². The van der Waals surface area contributed by atoms with Gasteiger partial charge in [0.15, 0.2) is 5.82 Å². The molecule has 0 fully saturated rings. The number of hydrogen-bond donors (Lipinski definition) is 1. The van der Waals surface area contributed by atoms with Crippen LogP contribution in [0, 0.1) is 0 Å². The molecule has 1 N–H and O–H groups in total. The molecule has 0 aliphatic carbocycles. The highest BCUT2D eigenvalue weighted by Crippen LogP contribution is 2.23. The van der Waals surface area contributed by atoms with Gasteiger partial charge < -0.3 is 5.11 Å². The number of hydrogen-bond acceptors (Lipinski definition) is 4. The van der Waals surface area contributed by atoms with Gasteiger partial charge in [-0.05, 0) is 24.1 Å². The Morgan fingerprint density at radius 2 is 1.93 bits per heavy atom. The zero-order valence-corrected chi connectivity index (χ0v) is 16.6. The van der Waals surface area contributed by atoms with Gasteiger partial charge in [-0.15, -0.1) is 0 Å². The highest BCUT2D eigenvalue weighted by Gasteiger charge is 2.15. The fraction of sp³-hybridized carbons (Fsp3) is 0.364. The van der Waals surface area contributed by atoms with Crippen molar-refractivity contribution >= 4 is 5.97 Å². The quantitative estimate of drug-likeness (QED) is 0.622. The molecule has 0 bridgehead atoms. The number of benzene rings is 1. The van der Waals surface area contributed by atoms with E-state index in [1.54, 1.807) is 18.3 Å². The minimum absolute atomic E-state index is 0.205. The van der Waals surface area contributed by atoms with Gasteiger partial charge in [-0.25, -0.2) is 14.5 Å². The molecule has 0 spiro atoms. The molecule has 0 aliphatic rings. The van der Waals surface area contributed by atoms with Gasteiger partial charge in [0, 0.05) is 30.6 Å². The molecule has 146 valence electrons. The molecule has 0 saturated carbocycles. The van der Waals surface area contributed by atoms with E-state index in [1.807, 2.05) is 28.9 Å². The second kappa shape index (κ2) is 8.78. The maximum absolute atomic E-state index is 11.4. The Labute approximate surface area is 165 Å². The Kier molecular flexibility index (Phi) is 6.19. The van der Waals surface area contributed by atoms with Crippen LogP contribution in [0.15, 0.2) is 42.6 Å². The van der Waals surface area contributed by atoms with E-state index in [4.69, 9.17) is 4.98 Å². The van der Waals surface area contributed by atoms with Crippen LogP contribution in [0.3, 0.4) is 0 Å². The van der Waals surface area contributed by atoms with Crippen LogP contribution in [0.1, 0.15) is 67.1 Å². The van der Waals surface area contributed by atoms with E-state index in [9.17, 15) is 9.90 Å². The number of aryl methyl sites for hydroxylation is 1. The second-order valence-electron chi connectivity index (χ2n) is 7.20. The molecule has 0 amide bonds. The molecule has 6 heteroatoms. The lowest BCUT2D eigenvalue weighted by molar-refractivity contribution is 0.0697. The van der Waals surface area contributed by atoms with Gasteiger partial charge in [-0.1, -0.05) is 51.5 Å². The third kappa shape index (κ3) is 4.44. The zero-order chi connectivity index (χ0) is 20.1. The topological polar surface area (TPSA) is 80.9 Å². The lowest BCUT2D eigenvalue weighted by Crippen LogP contribution is -2.06. The summed E-state index contributed by atoms with van der Waals surface area (Å²) in [5, 5.41) is 14.0. The average molecular weight is 378 g/mol. The minimum Gasteiger partial charge on any atom is -0.478 e. The first-order valence-corrected chi connectivity index (χ1v) is 9.70. The normalized spacial score (nSPS) is 11.1. The van der Waals surface area contributed by atoms with Crippen LogP contribution in [0.2, 0.25) is 0 Å². The fourth-order valence-electron chi connectivity index (χ4n) is 3.03. The van der Waals surface area contributed by atoms with Gasteiger partial charge >= 0.3 is 5.97 Å². The van der Waals surface area contributed by atoms with Gasteiger partial charge in [0.05, 0.1) is 11.3 Å². The molecule has 0 atom stereocenters. The first kappa shape index (κ1) is 19.7. The number of aromatic carboxylic acids is 1. The summed E-state index contributed by atoms with van der Waals surface area (Å²) in [6.45, 7) is 7.25. The molecule has 0 radical (unpaired) electrons. The molecule has 2 aromatic heterocycles. The van der Waals surface area contributed by atoms with Crippen LogP contribution in [-0.4, -0.2) is 30.8 Å². The van der Waals surface area contributed by atoms with Crippen LogP contribution in [0.5, 0.6) is 0 Å². The predicted molar refractivity (Wildman–Crippen MR) is 108 cm³/mol. The van der Waals surface area contributed by atoms with E-state index in [1.165, 1.54) is 0 Å². The van der Waals surface area contributed by atoms with Gasteiger partial charge in [0.25, 0.3) is 0 Å². The number of unbranched alkanes of at least 4 members (excludes halogenated alkanes) is 1.